The third-order valence-corrected chi connectivity index (χ3v) is 5.18. The Labute approximate surface area is 174 Å². The number of carbonyl (C=O) groups is 1. The topological polar surface area (TPSA) is 79.2 Å². The van der Waals surface area contributed by atoms with Crippen LogP contribution in [0.5, 0.6) is 0 Å². The molecule has 0 saturated carbocycles. The maximum absolute atomic E-state index is 13.7. The zero-order chi connectivity index (χ0) is 21.3. The molecule has 1 aromatic carbocycles. The summed E-state index contributed by atoms with van der Waals surface area (Å²) in [5.41, 5.74) is 2.94. The van der Waals surface area contributed by atoms with Crippen LogP contribution in [-0.4, -0.2) is 56.9 Å². The molecule has 1 fully saturated rings. The van der Waals surface area contributed by atoms with Gasteiger partial charge in [0.25, 0.3) is 0 Å². The molecule has 0 unspecified atom stereocenters. The lowest BCUT2D eigenvalue weighted by molar-refractivity contribution is 0.208. The summed E-state index contributed by atoms with van der Waals surface area (Å²) in [4.78, 5) is 25.1. The van der Waals surface area contributed by atoms with Crippen molar-refractivity contribution < 1.29 is 9.18 Å². The number of urea groups is 1. The van der Waals surface area contributed by atoms with Gasteiger partial charge < -0.3 is 15.1 Å². The van der Waals surface area contributed by atoms with E-state index in [1.54, 1.807) is 28.6 Å². The average Bonchev–Trinajstić information content (AvgIpc) is 3.09. The molecule has 2 amide bonds. The Morgan fingerprint density at radius 1 is 1.00 bits per heavy atom. The van der Waals surface area contributed by atoms with Gasteiger partial charge in [0.05, 0.1) is 5.69 Å². The van der Waals surface area contributed by atoms with Crippen LogP contribution in [0.3, 0.4) is 0 Å². The third-order valence-electron chi connectivity index (χ3n) is 5.18. The first-order valence-corrected chi connectivity index (χ1v) is 9.83. The first-order valence-electron chi connectivity index (χ1n) is 9.83. The Morgan fingerprint density at radius 2 is 1.73 bits per heavy atom. The van der Waals surface area contributed by atoms with Gasteiger partial charge in [-0.05, 0) is 44.5 Å². The highest BCUT2D eigenvalue weighted by molar-refractivity contribution is 5.89. The number of nitrogens with zero attached hydrogens (tertiary/aromatic N) is 6. The summed E-state index contributed by atoms with van der Waals surface area (Å²) in [6, 6.07) is 8.37. The van der Waals surface area contributed by atoms with Crippen molar-refractivity contribution in [1.82, 2.24) is 24.6 Å². The standard InChI is InChI=1S/C21H24FN7O/c1-14-4-5-17(11-18(14)22)25-21(30)28-8-6-27(7-9-28)19-12-20(24-13-23-19)29-16(3)10-15(2)26-29/h4-5,10-13H,6-9H2,1-3H3,(H,25,30). The van der Waals surface area contributed by atoms with Gasteiger partial charge in [0.1, 0.15) is 18.0 Å². The highest BCUT2D eigenvalue weighted by Crippen LogP contribution is 2.18. The molecule has 9 heteroatoms. The molecule has 0 aliphatic carbocycles. The summed E-state index contributed by atoms with van der Waals surface area (Å²) in [7, 11) is 0. The van der Waals surface area contributed by atoms with Crippen LogP contribution in [0.25, 0.3) is 5.82 Å². The predicted octanol–water partition coefficient (Wildman–Crippen LogP) is 3.08. The first-order chi connectivity index (χ1) is 14.4. The van der Waals surface area contributed by atoms with Gasteiger partial charge >= 0.3 is 6.03 Å². The van der Waals surface area contributed by atoms with Crippen LogP contribution in [0.15, 0.2) is 36.7 Å². The van der Waals surface area contributed by atoms with Gasteiger partial charge in [0.2, 0.25) is 0 Å². The average molecular weight is 409 g/mol. The number of rotatable bonds is 3. The summed E-state index contributed by atoms with van der Waals surface area (Å²) in [6.45, 7) is 7.98. The fourth-order valence-corrected chi connectivity index (χ4v) is 3.50. The highest BCUT2D eigenvalue weighted by atomic mass is 19.1. The molecule has 8 nitrogen and oxygen atoms in total. The number of hydrogen-bond acceptors (Lipinski definition) is 5. The van der Waals surface area contributed by atoms with Crippen molar-refractivity contribution in [2.45, 2.75) is 20.8 Å². The number of halogens is 1. The smallest absolute Gasteiger partial charge is 0.321 e. The number of aromatic nitrogens is 4. The maximum Gasteiger partial charge on any atom is 0.321 e. The fourth-order valence-electron chi connectivity index (χ4n) is 3.50. The molecule has 3 aromatic rings. The molecule has 2 aromatic heterocycles. The van der Waals surface area contributed by atoms with Crippen LogP contribution in [-0.2, 0) is 0 Å². The first kappa shape index (κ1) is 19.8. The van der Waals surface area contributed by atoms with E-state index in [0.717, 1.165) is 17.2 Å². The van der Waals surface area contributed by atoms with Crippen molar-refractivity contribution in [3.05, 3.63) is 59.4 Å². The molecule has 0 spiro atoms. The molecular weight excluding hydrogens is 385 g/mol. The molecular formula is C21H24FN7O. The van der Waals surface area contributed by atoms with Gasteiger partial charge in [-0.3, -0.25) is 0 Å². The van der Waals surface area contributed by atoms with E-state index in [1.807, 2.05) is 26.0 Å². The van der Waals surface area contributed by atoms with Gasteiger partial charge in [0, 0.05) is 43.6 Å². The van der Waals surface area contributed by atoms with Gasteiger partial charge in [0.15, 0.2) is 5.82 Å². The number of piperazine rings is 1. The Balaban J connectivity index is 1.39. The number of anilines is 2. The van der Waals surface area contributed by atoms with E-state index in [0.29, 0.717) is 43.2 Å². The molecule has 4 rings (SSSR count). The minimum atomic E-state index is -0.334. The number of aryl methyl sites for hydroxylation is 3. The van der Waals surface area contributed by atoms with Crippen molar-refractivity contribution in [2.75, 3.05) is 36.4 Å². The largest absolute Gasteiger partial charge is 0.353 e. The quantitative estimate of drug-likeness (QED) is 0.719. The molecule has 0 bridgehead atoms. The van der Waals surface area contributed by atoms with Crippen LogP contribution in [0.4, 0.5) is 20.7 Å². The van der Waals surface area contributed by atoms with E-state index in [4.69, 9.17) is 0 Å². The highest BCUT2D eigenvalue weighted by Gasteiger charge is 2.22. The van der Waals surface area contributed by atoms with Crippen molar-refractivity contribution in [1.29, 1.82) is 0 Å². The Bertz CT molecular complexity index is 1070. The normalized spacial score (nSPS) is 14.1. The lowest BCUT2D eigenvalue weighted by Crippen LogP contribution is -2.50. The second-order valence-corrected chi connectivity index (χ2v) is 7.44. The van der Waals surface area contributed by atoms with Crippen molar-refractivity contribution in [3.63, 3.8) is 0 Å². The third kappa shape index (κ3) is 4.10. The zero-order valence-electron chi connectivity index (χ0n) is 17.3. The SMILES string of the molecule is Cc1cc(C)n(-c2cc(N3CCN(C(=O)Nc4ccc(C)c(F)c4)CC3)ncn2)n1. The van der Waals surface area contributed by atoms with Crippen molar-refractivity contribution in [2.24, 2.45) is 0 Å². The van der Waals surface area contributed by atoms with Gasteiger partial charge in [-0.15, -0.1) is 0 Å². The number of hydrogen-bond donors (Lipinski definition) is 1. The van der Waals surface area contributed by atoms with Crippen LogP contribution in [0.1, 0.15) is 17.0 Å². The summed E-state index contributed by atoms with van der Waals surface area (Å²) in [6.07, 6.45) is 1.53. The van der Waals surface area contributed by atoms with Gasteiger partial charge in [-0.2, -0.15) is 5.10 Å². The van der Waals surface area contributed by atoms with E-state index in [2.05, 4.69) is 25.3 Å². The van der Waals surface area contributed by atoms with E-state index in [-0.39, 0.29) is 11.8 Å². The van der Waals surface area contributed by atoms with E-state index >= 15 is 0 Å². The zero-order valence-corrected chi connectivity index (χ0v) is 17.3. The summed E-state index contributed by atoms with van der Waals surface area (Å²) in [5.74, 6) is 1.18. The fraction of sp³-hybridized carbons (Fsp3) is 0.333. The molecule has 30 heavy (non-hydrogen) atoms. The molecule has 1 aliphatic rings. The molecule has 0 radical (unpaired) electrons. The number of carbonyl (C=O) groups excluding carboxylic acids is 1. The predicted molar refractivity (Wildman–Crippen MR) is 113 cm³/mol. The lowest BCUT2D eigenvalue weighted by atomic mass is 10.2. The minimum Gasteiger partial charge on any atom is -0.353 e. The molecule has 1 saturated heterocycles. The van der Waals surface area contributed by atoms with Crippen molar-refractivity contribution in [3.8, 4) is 5.82 Å². The molecule has 1 aliphatic heterocycles. The van der Waals surface area contributed by atoms with E-state index in [1.165, 1.54) is 12.4 Å². The number of benzene rings is 1. The van der Waals surface area contributed by atoms with E-state index in [9.17, 15) is 9.18 Å². The van der Waals surface area contributed by atoms with Gasteiger partial charge in [-0.25, -0.2) is 23.8 Å². The van der Waals surface area contributed by atoms with E-state index < -0.39 is 0 Å². The Morgan fingerprint density at radius 3 is 2.40 bits per heavy atom. The second kappa shape index (κ2) is 8.10. The number of nitrogens with one attached hydrogen (secondary N) is 1. The van der Waals surface area contributed by atoms with Gasteiger partial charge in [-0.1, -0.05) is 6.07 Å². The molecule has 1 N–H and O–H groups in total. The monoisotopic (exact) mass is 409 g/mol. The minimum absolute atomic E-state index is 0.232. The second-order valence-electron chi connectivity index (χ2n) is 7.44. The summed E-state index contributed by atoms with van der Waals surface area (Å²) < 4.78 is 15.5. The van der Waals surface area contributed by atoms with Crippen LogP contribution in [0, 0.1) is 26.6 Å². The summed E-state index contributed by atoms with van der Waals surface area (Å²) in [5, 5.41) is 7.24. The van der Waals surface area contributed by atoms with Crippen LogP contribution < -0.4 is 10.2 Å². The van der Waals surface area contributed by atoms with Crippen molar-refractivity contribution >= 4 is 17.5 Å². The maximum atomic E-state index is 13.7. The Kier molecular flexibility index (Phi) is 5.35. The van der Waals surface area contributed by atoms with Crippen LogP contribution in [0.2, 0.25) is 0 Å². The molecule has 3 heterocycles. The summed E-state index contributed by atoms with van der Waals surface area (Å²) >= 11 is 0. The number of amides is 2. The molecule has 0 atom stereocenters. The Hall–Kier alpha value is -3.49. The molecule has 156 valence electrons. The lowest BCUT2D eigenvalue weighted by Gasteiger charge is -2.35. The van der Waals surface area contributed by atoms with Crippen LogP contribution >= 0.6 is 0 Å².